The average Bonchev–Trinajstić information content (AvgIpc) is 2.19. The molecule has 1 saturated carbocycles. The highest BCUT2D eigenvalue weighted by Crippen LogP contribution is 2.28. The second-order valence-corrected chi connectivity index (χ2v) is 4.42. The fraction of sp³-hybridized carbons (Fsp3) is 0.583. The second-order valence-electron chi connectivity index (χ2n) is 4.42. The number of aromatic nitrogens is 1. The number of pyridine rings is 1. The van der Waals surface area contributed by atoms with Crippen LogP contribution in [0.5, 0.6) is 0 Å². The molecule has 1 aliphatic rings. The predicted octanol–water partition coefficient (Wildman–Crippen LogP) is 2.29. The van der Waals surface area contributed by atoms with Crippen LogP contribution in [0.1, 0.15) is 37.8 Å². The van der Waals surface area contributed by atoms with Crippen molar-refractivity contribution >= 4 is 0 Å². The molecule has 0 amide bonds. The Morgan fingerprint density at radius 2 is 2.00 bits per heavy atom. The van der Waals surface area contributed by atoms with E-state index in [1.54, 1.807) is 0 Å². The number of hydrogen-bond acceptors (Lipinski definition) is 2. The number of nitrogens with zero attached hydrogens (tertiary/aromatic N) is 1. The van der Waals surface area contributed by atoms with Crippen molar-refractivity contribution in [3.05, 3.63) is 30.1 Å². The summed E-state index contributed by atoms with van der Waals surface area (Å²) in [4.78, 5) is 4.34. The van der Waals surface area contributed by atoms with Crippen LogP contribution < -0.4 is 5.73 Å². The van der Waals surface area contributed by atoms with Crippen molar-refractivity contribution in [2.24, 2.45) is 5.73 Å². The highest BCUT2D eigenvalue weighted by Gasteiger charge is 2.27. The molecule has 2 N–H and O–H groups in total. The van der Waals surface area contributed by atoms with E-state index in [-0.39, 0.29) is 5.54 Å². The van der Waals surface area contributed by atoms with Crippen LogP contribution in [-0.2, 0) is 6.42 Å². The Balaban J connectivity index is 2.02. The van der Waals surface area contributed by atoms with Gasteiger partial charge in [0.2, 0.25) is 0 Å². The van der Waals surface area contributed by atoms with Gasteiger partial charge in [0.05, 0.1) is 0 Å². The van der Waals surface area contributed by atoms with Gasteiger partial charge < -0.3 is 5.73 Å². The van der Waals surface area contributed by atoms with Crippen LogP contribution in [0.15, 0.2) is 24.4 Å². The Morgan fingerprint density at radius 3 is 2.64 bits per heavy atom. The van der Waals surface area contributed by atoms with Crippen LogP contribution in [0.25, 0.3) is 0 Å². The maximum absolute atomic E-state index is 6.35. The largest absolute Gasteiger partial charge is 0.325 e. The predicted molar refractivity (Wildman–Crippen MR) is 57.9 cm³/mol. The topological polar surface area (TPSA) is 38.9 Å². The molecular formula is C12H18N2. The van der Waals surface area contributed by atoms with Crippen molar-refractivity contribution in [2.45, 2.75) is 44.1 Å². The summed E-state index contributed by atoms with van der Waals surface area (Å²) < 4.78 is 0. The molecule has 0 radical (unpaired) electrons. The molecule has 0 bridgehead atoms. The zero-order valence-electron chi connectivity index (χ0n) is 8.58. The summed E-state index contributed by atoms with van der Waals surface area (Å²) in [7, 11) is 0. The Hall–Kier alpha value is -0.890. The molecule has 1 aliphatic carbocycles. The zero-order chi connectivity index (χ0) is 9.86. The highest BCUT2D eigenvalue weighted by atomic mass is 14.8. The first-order chi connectivity index (χ1) is 6.79. The lowest BCUT2D eigenvalue weighted by molar-refractivity contribution is 0.292. The van der Waals surface area contributed by atoms with E-state index in [4.69, 9.17) is 5.73 Å². The van der Waals surface area contributed by atoms with Gasteiger partial charge in [-0.3, -0.25) is 4.98 Å². The second kappa shape index (κ2) is 4.09. The summed E-state index contributed by atoms with van der Waals surface area (Å²) in [6, 6.07) is 6.06. The quantitative estimate of drug-likeness (QED) is 0.777. The van der Waals surface area contributed by atoms with Crippen LogP contribution in [0.2, 0.25) is 0 Å². The molecule has 76 valence electrons. The smallest absolute Gasteiger partial charge is 0.0421 e. The van der Waals surface area contributed by atoms with Crippen molar-refractivity contribution < 1.29 is 0 Å². The van der Waals surface area contributed by atoms with Crippen LogP contribution in [-0.4, -0.2) is 10.5 Å². The Morgan fingerprint density at radius 1 is 1.21 bits per heavy atom. The van der Waals surface area contributed by atoms with Gasteiger partial charge in [-0.1, -0.05) is 25.3 Å². The maximum atomic E-state index is 6.35. The lowest BCUT2D eigenvalue weighted by Crippen LogP contribution is -2.43. The van der Waals surface area contributed by atoms with Crippen molar-refractivity contribution in [3.63, 3.8) is 0 Å². The minimum Gasteiger partial charge on any atom is -0.325 e. The standard InChI is InChI=1S/C12H18N2/c13-12(7-3-1-4-8-12)10-11-6-2-5-9-14-11/h2,5-6,9H,1,3-4,7-8,10,13H2. The molecule has 1 aromatic heterocycles. The monoisotopic (exact) mass is 190 g/mol. The first kappa shape index (κ1) is 9.66. The maximum Gasteiger partial charge on any atom is 0.0421 e. The van der Waals surface area contributed by atoms with E-state index in [1.165, 1.54) is 19.3 Å². The van der Waals surface area contributed by atoms with Gasteiger partial charge in [0.1, 0.15) is 0 Å². The molecular weight excluding hydrogens is 172 g/mol. The molecule has 0 aliphatic heterocycles. The van der Waals surface area contributed by atoms with E-state index < -0.39 is 0 Å². The Labute approximate surface area is 85.5 Å². The first-order valence-corrected chi connectivity index (χ1v) is 5.47. The van der Waals surface area contributed by atoms with Crippen LogP contribution in [0, 0.1) is 0 Å². The molecule has 2 nitrogen and oxygen atoms in total. The summed E-state index contributed by atoms with van der Waals surface area (Å²) in [6.07, 6.45) is 9.01. The number of nitrogens with two attached hydrogens (primary N) is 1. The summed E-state index contributed by atoms with van der Waals surface area (Å²) in [5, 5.41) is 0. The molecule has 0 saturated heterocycles. The molecule has 0 aromatic carbocycles. The molecule has 1 heterocycles. The van der Waals surface area contributed by atoms with Crippen molar-refractivity contribution in [1.82, 2.24) is 4.98 Å². The molecule has 2 rings (SSSR count). The molecule has 14 heavy (non-hydrogen) atoms. The van der Waals surface area contributed by atoms with E-state index in [0.717, 1.165) is 25.0 Å². The van der Waals surface area contributed by atoms with Gasteiger partial charge >= 0.3 is 0 Å². The van der Waals surface area contributed by atoms with Crippen molar-refractivity contribution in [1.29, 1.82) is 0 Å². The minimum atomic E-state index is 0.0204. The van der Waals surface area contributed by atoms with E-state index in [0.29, 0.717) is 0 Å². The van der Waals surface area contributed by atoms with E-state index >= 15 is 0 Å². The summed E-state index contributed by atoms with van der Waals surface area (Å²) >= 11 is 0. The Bertz CT molecular complexity index is 276. The Kier molecular flexibility index (Phi) is 2.82. The van der Waals surface area contributed by atoms with E-state index in [2.05, 4.69) is 11.1 Å². The molecule has 0 unspecified atom stereocenters. The van der Waals surface area contributed by atoms with Crippen molar-refractivity contribution in [3.8, 4) is 0 Å². The SMILES string of the molecule is NC1(Cc2ccccn2)CCCCC1. The third-order valence-electron chi connectivity index (χ3n) is 3.11. The zero-order valence-corrected chi connectivity index (χ0v) is 8.58. The van der Waals surface area contributed by atoms with Gasteiger partial charge in [-0.2, -0.15) is 0 Å². The first-order valence-electron chi connectivity index (χ1n) is 5.47. The third-order valence-corrected chi connectivity index (χ3v) is 3.11. The van der Waals surface area contributed by atoms with Gasteiger partial charge in [-0.05, 0) is 25.0 Å². The van der Waals surface area contributed by atoms with Crippen LogP contribution in [0.3, 0.4) is 0 Å². The number of hydrogen-bond donors (Lipinski definition) is 1. The molecule has 0 spiro atoms. The van der Waals surface area contributed by atoms with Gasteiger partial charge in [0, 0.05) is 23.9 Å². The molecule has 0 atom stereocenters. The highest BCUT2D eigenvalue weighted by molar-refractivity contribution is 5.08. The van der Waals surface area contributed by atoms with Gasteiger partial charge in [-0.25, -0.2) is 0 Å². The minimum absolute atomic E-state index is 0.0204. The lowest BCUT2D eigenvalue weighted by atomic mass is 9.79. The van der Waals surface area contributed by atoms with Crippen molar-refractivity contribution in [2.75, 3.05) is 0 Å². The van der Waals surface area contributed by atoms with Gasteiger partial charge in [0.25, 0.3) is 0 Å². The molecule has 1 fully saturated rings. The molecule has 1 aromatic rings. The lowest BCUT2D eigenvalue weighted by Gasteiger charge is -2.33. The number of rotatable bonds is 2. The summed E-state index contributed by atoms with van der Waals surface area (Å²) in [6.45, 7) is 0. The van der Waals surface area contributed by atoms with Gasteiger partial charge in [-0.15, -0.1) is 0 Å². The normalized spacial score (nSPS) is 20.6. The van der Waals surface area contributed by atoms with E-state index in [1.807, 2.05) is 18.3 Å². The fourth-order valence-corrected chi connectivity index (χ4v) is 2.30. The fourth-order valence-electron chi connectivity index (χ4n) is 2.30. The average molecular weight is 190 g/mol. The third kappa shape index (κ3) is 2.32. The van der Waals surface area contributed by atoms with Crippen LogP contribution in [0.4, 0.5) is 0 Å². The summed E-state index contributed by atoms with van der Waals surface area (Å²) in [5.74, 6) is 0. The van der Waals surface area contributed by atoms with E-state index in [9.17, 15) is 0 Å². The summed E-state index contributed by atoms with van der Waals surface area (Å²) in [5.41, 5.74) is 7.51. The van der Waals surface area contributed by atoms with Crippen LogP contribution >= 0.6 is 0 Å². The van der Waals surface area contributed by atoms with Gasteiger partial charge in [0.15, 0.2) is 0 Å². The molecule has 2 heteroatoms.